The largest absolute Gasteiger partial charge is 0.388 e. The number of piperazine rings is 1. The molecule has 1 aliphatic carbocycles. The van der Waals surface area contributed by atoms with Crippen LogP contribution in [0.25, 0.3) is 0 Å². The van der Waals surface area contributed by atoms with Crippen LogP contribution in [0.4, 0.5) is 0 Å². The quantitative estimate of drug-likeness (QED) is 0.615. The second-order valence-electron chi connectivity index (χ2n) is 7.15. The first kappa shape index (κ1) is 19.0. The molecule has 0 aromatic heterocycles. The molecule has 2 N–H and O–H groups in total. The lowest BCUT2D eigenvalue weighted by Crippen LogP contribution is -2.56. The molecular formula is C19H27ClN4O2. The van der Waals surface area contributed by atoms with Gasteiger partial charge < -0.3 is 20.2 Å². The van der Waals surface area contributed by atoms with Gasteiger partial charge in [-0.15, -0.1) is 0 Å². The number of aliphatic imine (C=N–C) groups is 1. The van der Waals surface area contributed by atoms with Crippen molar-refractivity contribution in [1.82, 2.24) is 15.1 Å². The Morgan fingerprint density at radius 2 is 1.96 bits per heavy atom. The molecule has 26 heavy (non-hydrogen) atoms. The molecule has 1 saturated heterocycles. The normalized spacial score (nSPS) is 19.9. The number of hydrogen-bond donors (Lipinski definition) is 2. The third kappa shape index (κ3) is 4.68. The van der Waals surface area contributed by atoms with E-state index in [2.05, 4.69) is 15.2 Å². The summed E-state index contributed by atoms with van der Waals surface area (Å²) in [6.45, 7) is 3.35. The van der Waals surface area contributed by atoms with Crippen molar-refractivity contribution in [3.63, 3.8) is 0 Å². The summed E-state index contributed by atoms with van der Waals surface area (Å²) in [4.78, 5) is 20.9. The standard InChI is InChI=1S/C19H27ClN4O2/c1-21-18(22-14-19(26)6-3-7-19)24-10-8-23(9-11-24)17(25)13-15-4-2-5-16(20)12-15/h2,4-5,12,26H,3,6-11,13-14H2,1H3,(H,21,22). The molecule has 6 nitrogen and oxygen atoms in total. The molecule has 1 aromatic carbocycles. The number of halogens is 1. The van der Waals surface area contributed by atoms with Crippen molar-refractivity contribution in [1.29, 1.82) is 0 Å². The molecule has 1 heterocycles. The maximum atomic E-state index is 12.5. The number of aliphatic hydroxyl groups is 1. The van der Waals surface area contributed by atoms with Gasteiger partial charge in [-0.3, -0.25) is 9.79 Å². The zero-order chi connectivity index (χ0) is 18.6. The molecule has 3 rings (SSSR count). The summed E-state index contributed by atoms with van der Waals surface area (Å²) in [6.07, 6.45) is 3.16. The van der Waals surface area contributed by atoms with Gasteiger partial charge in [0.25, 0.3) is 0 Å². The number of guanidine groups is 1. The Morgan fingerprint density at radius 1 is 1.27 bits per heavy atom. The number of amides is 1. The monoisotopic (exact) mass is 378 g/mol. The highest BCUT2D eigenvalue weighted by Gasteiger charge is 2.34. The first-order valence-electron chi connectivity index (χ1n) is 9.19. The fraction of sp³-hybridized carbons (Fsp3) is 0.579. The van der Waals surface area contributed by atoms with E-state index in [1.54, 1.807) is 7.05 Å². The average molecular weight is 379 g/mol. The van der Waals surface area contributed by atoms with E-state index in [1.807, 2.05) is 29.2 Å². The summed E-state index contributed by atoms with van der Waals surface area (Å²) in [7, 11) is 1.75. The van der Waals surface area contributed by atoms with Gasteiger partial charge in [-0.1, -0.05) is 23.7 Å². The Morgan fingerprint density at radius 3 is 2.54 bits per heavy atom. The van der Waals surface area contributed by atoms with Crippen LogP contribution < -0.4 is 5.32 Å². The van der Waals surface area contributed by atoms with Crippen molar-refractivity contribution in [2.45, 2.75) is 31.3 Å². The highest BCUT2D eigenvalue weighted by Crippen LogP contribution is 2.30. The van der Waals surface area contributed by atoms with E-state index < -0.39 is 5.60 Å². The van der Waals surface area contributed by atoms with Crippen molar-refractivity contribution in [3.05, 3.63) is 34.9 Å². The topological polar surface area (TPSA) is 68.2 Å². The van der Waals surface area contributed by atoms with E-state index >= 15 is 0 Å². The molecule has 0 unspecified atom stereocenters. The lowest BCUT2D eigenvalue weighted by Gasteiger charge is -2.40. The molecule has 2 aliphatic rings. The van der Waals surface area contributed by atoms with Crippen LogP contribution in [0.1, 0.15) is 24.8 Å². The van der Waals surface area contributed by atoms with Gasteiger partial charge in [0.1, 0.15) is 0 Å². The van der Waals surface area contributed by atoms with Crippen LogP contribution in [0.15, 0.2) is 29.3 Å². The van der Waals surface area contributed by atoms with Gasteiger partial charge in [-0.25, -0.2) is 0 Å². The summed E-state index contributed by atoms with van der Waals surface area (Å²) in [6, 6.07) is 7.45. The molecule has 1 aliphatic heterocycles. The Hall–Kier alpha value is -1.79. The van der Waals surface area contributed by atoms with Gasteiger partial charge in [-0.2, -0.15) is 0 Å². The number of nitrogens with one attached hydrogen (secondary N) is 1. The van der Waals surface area contributed by atoms with Crippen molar-refractivity contribution >= 4 is 23.5 Å². The fourth-order valence-electron chi connectivity index (χ4n) is 3.44. The van der Waals surface area contributed by atoms with Crippen LogP contribution in [-0.2, 0) is 11.2 Å². The summed E-state index contributed by atoms with van der Waals surface area (Å²) >= 11 is 5.99. The fourth-order valence-corrected chi connectivity index (χ4v) is 3.65. The van der Waals surface area contributed by atoms with E-state index in [-0.39, 0.29) is 5.91 Å². The second-order valence-corrected chi connectivity index (χ2v) is 7.59. The summed E-state index contributed by atoms with van der Waals surface area (Å²) in [5, 5.41) is 14.2. The second kappa shape index (κ2) is 8.27. The first-order chi connectivity index (χ1) is 12.5. The molecular weight excluding hydrogens is 352 g/mol. The van der Waals surface area contributed by atoms with Crippen molar-refractivity contribution in [3.8, 4) is 0 Å². The predicted octanol–water partition coefficient (Wildman–Crippen LogP) is 1.52. The Bertz CT molecular complexity index is 667. The number of nitrogens with zero attached hydrogens (tertiary/aromatic N) is 3. The zero-order valence-electron chi connectivity index (χ0n) is 15.2. The van der Waals surface area contributed by atoms with Crippen LogP contribution in [0.2, 0.25) is 5.02 Å². The number of hydrogen-bond acceptors (Lipinski definition) is 3. The van der Waals surface area contributed by atoms with Crippen LogP contribution in [0.3, 0.4) is 0 Å². The molecule has 1 amide bonds. The van der Waals surface area contributed by atoms with Crippen LogP contribution >= 0.6 is 11.6 Å². The van der Waals surface area contributed by atoms with E-state index in [1.165, 1.54) is 0 Å². The van der Waals surface area contributed by atoms with Gasteiger partial charge in [0, 0.05) is 44.8 Å². The van der Waals surface area contributed by atoms with Gasteiger partial charge in [0.2, 0.25) is 5.91 Å². The molecule has 2 fully saturated rings. The van der Waals surface area contributed by atoms with Gasteiger partial charge >= 0.3 is 0 Å². The molecule has 0 spiro atoms. The van der Waals surface area contributed by atoms with E-state index in [4.69, 9.17) is 11.6 Å². The lowest BCUT2D eigenvalue weighted by atomic mass is 9.80. The van der Waals surface area contributed by atoms with E-state index in [0.29, 0.717) is 31.1 Å². The average Bonchev–Trinajstić information content (AvgIpc) is 2.61. The third-order valence-corrected chi connectivity index (χ3v) is 5.48. The zero-order valence-corrected chi connectivity index (χ0v) is 16.0. The summed E-state index contributed by atoms with van der Waals surface area (Å²) in [5.41, 5.74) is 0.362. The summed E-state index contributed by atoms with van der Waals surface area (Å²) in [5.74, 6) is 0.922. The number of carbonyl (C=O) groups excluding carboxylic acids is 1. The molecule has 7 heteroatoms. The number of carbonyl (C=O) groups is 1. The van der Waals surface area contributed by atoms with Gasteiger partial charge in [0.05, 0.1) is 12.0 Å². The smallest absolute Gasteiger partial charge is 0.227 e. The Labute approximate surface area is 159 Å². The minimum absolute atomic E-state index is 0.124. The van der Waals surface area contributed by atoms with Crippen molar-refractivity contribution in [2.75, 3.05) is 39.8 Å². The third-order valence-electron chi connectivity index (χ3n) is 5.25. The lowest BCUT2D eigenvalue weighted by molar-refractivity contribution is -0.131. The first-order valence-corrected chi connectivity index (χ1v) is 9.57. The van der Waals surface area contributed by atoms with Crippen LogP contribution in [0, 0.1) is 0 Å². The molecule has 1 aromatic rings. The number of benzene rings is 1. The molecule has 0 bridgehead atoms. The highest BCUT2D eigenvalue weighted by atomic mass is 35.5. The van der Waals surface area contributed by atoms with Crippen molar-refractivity contribution < 1.29 is 9.90 Å². The van der Waals surface area contributed by atoms with Gasteiger partial charge in [-0.05, 0) is 37.0 Å². The van der Waals surface area contributed by atoms with Gasteiger partial charge in [0.15, 0.2) is 5.96 Å². The highest BCUT2D eigenvalue weighted by molar-refractivity contribution is 6.30. The minimum atomic E-state index is -0.579. The van der Waals surface area contributed by atoms with Crippen LogP contribution in [-0.4, -0.2) is 72.1 Å². The maximum absolute atomic E-state index is 12.5. The number of rotatable bonds is 4. The molecule has 1 saturated carbocycles. The Kier molecular flexibility index (Phi) is 6.04. The van der Waals surface area contributed by atoms with E-state index in [0.717, 1.165) is 43.9 Å². The summed E-state index contributed by atoms with van der Waals surface area (Å²) < 4.78 is 0. The van der Waals surface area contributed by atoms with Crippen molar-refractivity contribution in [2.24, 2.45) is 4.99 Å². The molecule has 0 atom stereocenters. The molecule has 142 valence electrons. The minimum Gasteiger partial charge on any atom is -0.388 e. The maximum Gasteiger partial charge on any atom is 0.227 e. The SMILES string of the molecule is CN=C(NCC1(O)CCC1)N1CCN(C(=O)Cc2cccc(Cl)c2)CC1. The van der Waals surface area contributed by atoms with E-state index in [9.17, 15) is 9.90 Å². The predicted molar refractivity (Wildman–Crippen MR) is 103 cm³/mol. The molecule has 0 radical (unpaired) electrons. The van der Waals surface area contributed by atoms with Crippen LogP contribution in [0.5, 0.6) is 0 Å². The Balaban J connectivity index is 1.47.